The standard InChI is InChI=1S/C25H31Cl2NO4S/c1-6-21(16(2)33(30,31)25(3,4)5)28-22(29)15-32-24(18-8-7-9-20(27)14-18)23(28)17-10-12-19(26)13-11-17/h7-14,16,21,23-24H,6,15H2,1-5H3/t16-,21+,23+,24+/m0/s1. The highest BCUT2D eigenvalue weighted by Crippen LogP contribution is 2.43. The second-order valence-corrected chi connectivity index (χ2v) is 13.4. The van der Waals surface area contributed by atoms with Gasteiger partial charge in [0.2, 0.25) is 5.91 Å². The molecule has 0 saturated carbocycles. The largest absolute Gasteiger partial charge is 0.361 e. The van der Waals surface area contributed by atoms with Crippen LogP contribution in [-0.4, -0.2) is 41.9 Å². The van der Waals surface area contributed by atoms with E-state index in [-0.39, 0.29) is 12.5 Å². The maximum Gasteiger partial charge on any atom is 0.249 e. The molecule has 0 N–H and O–H groups in total. The normalized spacial score (nSPS) is 21.7. The third-order valence-corrected chi connectivity index (χ3v) is 9.80. The summed E-state index contributed by atoms with van der Waals surface area (Å²) in [7, 11) is -3.54. The Kier molecular flexibility index (Phi) is 7.84. The van der Waals surface area contributed by atoms with Gasteiger partial charge in [-0.3, -0.25) is 4.79 Å². The van der Waals surface area contributed by atoms with Crippen molar-refractivity contribution in [3.05, 3.63) is 69.7 Å². The number of morpholine rings is 1. The molecule has 180 valence electrons. The van der Waals surface area contributed by atoms with Crippen molar-refractivity contribution in [2.45, 2.75) is 69.2 Å². The van der Waals surface area contributed by atoms with Gasteiger partial charge in [0.1, 0.15) is 12.7 Å². The molecule has 1 fully saturated rings. The molecule has 0 bridgehead atoms. The summed E-state index contributed by atoms with van der Waals surface area (Å²) >= 11 is 12.4. The van der Waals surface area contributed by atoms with E-state index >= 15 is 0 Å². The first-order valence-corrected chi connectivity index (χ1v) is 13.4. The number of carbonyl (C=O) groups excluding carboxylic acids is 1. The highest BCUT2D eigenvalue weighted by atomic mass is 35.5. The van der Waals surface area contributed by atoms with E-state index in [1.54, 1.807) is 50.8 Å². The second-order valence-electron chi connectivity index (χ2n) is 9.42. The summed E-state index contributed by atoms with van der Waals surface area (Å²) in [6.45, 7) is 8.55. The molecule has 1 aliphatic heterocycles. The quantitative estimate of drug-likeness (QED) is 0.475. The summed E-state index contributed by atoms with van der Waals surface area (Å²) in [5, 5.41) is 0.368. The van der Waals surface area contributed by atoms with E-state index in [2.05, 4.69) is 0 Å². The zero-order valence-electron chi connectivity index (χ0n) is 19.6. The molecule has 1 aliphatic rings. The molecule has 3 rings (SSSR count). The van der Waals surface area contributed by atoms with Gasteiger partial charge in [0.15, 0.2) is 9.84 Å². The first-order chi connectivity index (χ1) is 15.4. The van der Waals surface area contributed by atoms with Crippen LogP contribution in [0, 0.1) is 0 Å². The Morgan fingerprint density at radius 1 is 1.06 bits per heavy atom. The number of halogens is 2. The Morgan fingerprint density at radius 2 is 1.70 bits per heavy atom. The summed E-state index contributed by atoms with van der Waals surface area (Å²) < 4.78 is 31.9. The summed E-state index contributed by atoms with van der Waals surface area (Å²) in [4.78, 5) is 15.0. The maximum atomic E-state index is 13.4. The fourth-order valence-corrected chi connectivity index (χ4v) is 6.67. The molecule has 2 aromatic rings. The zero-order chi connectivity index (χ0) is 24.6. The average Bonchev–Trinajstić information content (AvgIpc) is 2.75. The molecule has 0 aromatic heterocycles. The van der Waals surface area contributed by atoms with Crippen LogP contribution in [-0.2, 0) is 19.4 Å². The van der Waals surface area contributed by atoms with Crippen LogP contribution in [0.3, 0.4) is 0 Å². The molecule has 5 nitrogen and oxygen atoms in total. The number of sulfone groups is 1. The molecule has 0 aliphatic carbocycles. The molecule has 2 aromatic carbocycles. The van der Waals surface area contributed by atoms with E-state index < -0.39 is 38.0 Å². The topological polar surface area (TPSA) is 63.7 Å². The van der Waals surface area contributed by atoms with Gasteiger partial charge in [0.25, 0.3) is 0 Å². The smallest absolute Gasteiger partial charge is 0.249 e. The third-order valence-electron chi connectivity index (χ3n) is 6.31. The third kappa shape index (κ3) is 5.24. The predicted octanol–water partition coefficient (Wildman–Crippen LogP) is 6.02. The van der Waals surface area contributed by atoms with Crippen LogP contribution in [0.15, 0.2) is 48.5 Å². The Labute approximate surface area is 206 Å². The van der Waals surface area contributed by atoms with Gasteiger partial charge in [-0.25, -0.2) is 8.42 Å². The number of carbonyl (C=O) groups is 1. The number of hydrogen-bond donors (Lipinski definition) is 0. The van der Waals surface area contributed by atoms with Crippen molar-refractivity contribution in [2.24, 2.45) is 0 Å². The van der Waals surface area contributed by atoms with E-state index in [4.69, 9.17) is 27.9 Å². The van der Waals surface area contributed by atoms with E-state index in [1.807, 2.05) is 37.3 Å². The molecule has 0 radical (unpaired) electrons. The molecule has 8 heteroatoms. The molecule has 1 heterocycles. The second kappa shape index (κ2) is 9.95. The molecule has 4 atom stereocenters. The predicted molar refractivity (Wildman–Crippen MR) is 133 cm³/mol. The molecular formula is C25H31Cl2NO4S. The van der Waals surface area contributed by atoms with Crippen molar-refractivity contribution in [1.29, 1.82) is 0 Å². The van der Waals surface area contributed by atoms with Crippen molar-refractivity contribution in [2.75, 3.05) is 6.61 Å². The molecule has 0 spiro atoms. The van der Waals surface area contributed by atoms with Gasteiger partial charge in [0.05, 0.1) is 16.0 Å². The lowest BCUT2D eigenvalue weighted by Crippen LogP contribution is -2.56. The minimum absolute atomic E-state index is 0.139. The van der Waals surface area contributed by atoms with Crippen LogP contribution in [0.5, 0.6) is 0 Å². The van der Waals surface area contributed by atoms with Crippen molar-refractivity contribution in [1.82, 2.24) is 4.90 Å². The molecule has 0 unspecified atom stereocenters. The van der Waals surface area contributed by atoms with Crippen LogP contribution >= 0.6 is 23.2 Å². The number of rotatable bonds is 6. The maximum absolute atomic E-state index is 13.4. The Hall–Kier alpha value is -1.60. The Bertz CT molecular complexity index is 1100. The number of ether oxygens (including phenoxy) is 1. The first kappa shape index (κ1) is 26.0. The zero-order valence-corrected chi connectivity index (χ0v) is 21.9. The van der Waals surface area contributed by atoms with Gasteiger partial charge in [-0.05, 0) is 69.5 Å². The number of amides is 1. The average molecular weight is 512 g/mol. The van der Waals surface area contributed by atoms with Crippen molar-refractivity contribution >= 4 is 38.9 Å². The highest BCUT2D eigenvalue weighted by Gasteiger charge is 2.47. The number of hydrogen-bond acceptors (Lipinski definition) is 4. The van der Waals surface area contributed by atoms with Crippen molar-refractivity contribution in [3.8, 4) is 0 Å². The minimum atomic E-state index is -3.54. The number of nitrogens with zero attached hydrogens (tertiary/aromatic N) is 1. The van der Waals surface area contributed by atoms with E-state index in [0.29, 0.717) is 16.5 Å². The monoisotopic (exact) mass is 511 g/mol. The van der Waals surface area contributed by atoms with Gasteiger partial charge in [-0.1, -0.05) is 54.4 Å². The van der Waals surface area contributed by atoms with Crippen LogP contribution in [0.2, 0.25) is 10.0 Å². The number of benzene rings is 2. The first-order valence-electron chi connectivity index (χ1n) is 11.1. The van der Waals surface area contributed by atoms with Gasteiger partial charge >= 0.3 is 0 Å². The van der Waals surface area contributed by atoms with Gasteiger partial charge in [0, 0.05) is 16.1 Å². The van der Waals surface area contributed by atoms with Gasteiger partial charge in [-0.15, -0.1) is 0 Å². The fraction of sp³-hybridized carbons (Fsp3) is 0.480. The molecule has 1 amide bonds. The lowest BCUT2D eigenvalue weighted by atomic mass is 9.90. The van der Waals surface area contributed by atoms with Crippen molar-refractivity contribution in [3.63, 3.8) is 0 Å². The van der Waals surface area contributed by atoms with E-state index in [1.165, 1.54) is 0 Å². The van der Waals surface area contributed by atoms with Gasteiger partial charge in [-0.2, -0.15) is 0 Å². The fourth-order valence-electron chi connectivity index (χ4n) is 4.50. The van der Waals surface area contributed by atoms with E-state index in [9.17, 15) is 13.2 Å². The molecule has 1 saturated heterocycles. The highest BCUT2D eigenvalue weighted by molar-refractivity contribution is 7.93. The summed E-state index contributed by atoms with van der Waals surface area (Å²) in [6, 6.07) is 13.5. The minimum Gasteiger partial charge on any atom is -0.361 e. The van der Waals surface area contributed by atoms with Crippen LogP contribution < -0.4 is 0 Å². The van der Waals surface area contributed by atoms with Crippen LogP contribution in [0.25, 0.3) is 0 Å². The Balaban J connectivity index is 2.16. The lowest BCUT2D eigenvalue weighted by molar-refractivity contribution is -0.163. The SMILES string of the molecule is CC[C@H]([C@H](C)S(=O)(=O)C(C)(C)C)N1C(=O)CO[C@H](c2cccc(Cl)c2)[C@H]1c1ccc(Cl)cc1. The Morgan fingerprint density at radius 3 is 2.24 bits per heavy atom. The molecular weight excluding hydrogens is 481 g/mol. The summed E-state index contributed by atoms with van der Waals surface area (Å²) in [6.07, 6.45) is -0.0321. The van der Waals surface area contributed by atoms with Crippen LogP contribution in [0.4, 0.5) is 0 Å². The lowest BCUT2D eigenvalue weighted by Gasteiger charge is -2.47. The van der Waals surface area contributed by atoms with E-state index in [0.717, 1.165) is 11.1 Å². The van der Waals surface area contributed by atoms with Gasteiger partial charge < -0.3 is 9.64 Å². The summed E-state index contributed by atoms with van der Waals surface area (Å²) in [5.41, 5.74) is 1.64. The summed E-state index contributed by atoms with van der Waals surface area (Å²) in [5.74, 6) is -0.240. The van der Waals surface area contributed by atoms with Crippen molar-refractivity contribution < 1.29 is 17.9 Å². The van der Waals surface area contributed by atoms with Crippen LogP contribution in [0.1, 0.15) is 64.3 Å². The molecule has 33 heavy (non-hydrogen) atoms.